The van der Waals surface area contributed by atoms with Gasteiger partial charge in [-0.25, -0.2) is 5.90 Å². The highest BCUT2D eigenvalue weighted by Gasteiger charge is 1.68. The van der Waals surface area contributed by atoms with E-state index < -0.39 is 0 Å². The second kappa shape index (κ2) is 6.40. The van der Waals surface area contributed by atoms with Gasteiger partial charge in [0, 0.05) is 0 Å². The van der Waals surface area contributed by atoms with Crippen molar-refractivity contribution in [3.8, 4) is 0 Å². The largest absolute Gasteiger partial charge is 0.300 e. The molecule has 0 unspecified atom stereocenters. The molecular weight excluding hydrogens is 102 g/mol. The predicted molar refractivity (Wildman–Crippen MR) is 34.1 cm³/mol. The van der Waals surface area contributed by atoms with Crippen LogP contribution >= 0.6 is 0 Å². The molecule has 0 amide bonds. The van der Waals surface area contributed by atoms with E-state index >= 15 is 0 Å². The number of allylic oxidation sites excluding steroid dienone is 2. The van der Waals surface area contributed by atoms with Crippen LogP contribution in [-0.4, -0.2) is 6.61 Å². The fraction of sp³-hybridized carbons (Fsp3) is 0.333. The van der Waals surface area contributed by atoms with Crippen molar-refractivity contribution >= 4 is 0 Å². The van der Waals surface area contributed by atoms with E-state index in [9.17, 15) is 0 Å². The molecule has 2 heteroatoms. The molecule has 0 spiro atoms. The highest BCUT2D eigenvalue weighted by Crippen LogP contribution is 1.81. The lowest BCUT2D eigenvalue weighted by molar-refractivity contribution is 0.168. The fourth-order valence-electron chi connectivity index (χ4n) is 0.316. The molecule has 0 saturated heterocycles. The van der Waals surface area contributed by atoms with Gasteiger partial charge >= 0.3 is 0 Å². The van der Waals surface area contributed by atoms with Gasteiger partial charge in [0.25, 0.3) is 0 Å². The first-order chi connectivity index (χ1) is 3.91. The van der Waals surface area contributed by atoms with Gasteiger partial charge in [-0.15, -0.1) is 6.58 Å². The quantitative estimate of drug-likeness (QED) is 0.436. The van der Waals surface area contributed by atoms with Crippen LogP contribution in [0.25, 0.3) is 0 Å². The zero-order valence-corrected chi connectivity index (χ0v) is 4.84. The van der Waals surface area contributed by atoms with Crippen molar-refractivity contribution in [2.24, 2.45) is 5.90 Å². The molecule has 0 heterocycles. The van der Waals surface area contributed by atoms with Crippen LogP contribution in [0.3, 0.4) is 0 Å². The van der Waals surface area contributed by atoms with E-state index in [-0.39, 0.29) is 0 Å². The second-order valence-corrected chi connectivity index (χ2v) is 1.33. The topological polar surface area (TPSA) is 35.2 Å². The maximum Gasteiger partial charge on any atom is 0.0860 e. The van der Waals surface area contributed by atoms with Crippen molar-refractivity contribution in [2.75, 3.05) is 6.61 Å². The van der Waals surface area contributed by atoms with Crippen LogP contribution in [-0.2, 0) is 4.84 Å². The van der Waals surface area contributed by atoms with Crippen molar-refractivity contribution in [1.29, 1.82) is 0 Å². The average molecular weight is 113 g/mol. The standard InChI is InChI=1S/C6H11NO/c1-2-3-4-5-6-8-7/h2,4-5H,1,3,6-7H2. The smallest absolute Gasteiger partial charge is 0.0860 e. The highest BCUT2D eigenvalue weighted by molar-refractivity contribution is 4.87. The predicted octanol–water partition coefficient (Wildman–Crippen LogP) is 1.01. The van der Waals surface area contributed by atoms with Crippen molar-refractivity contribution in [3.63, 3.8) is 0 Å². The zero-order chi connectivity index (χ0) is 6.24. The van der Waals surface area contributed by atoms with E-state index in [1.807, 2.05) is 18.2 Å². The summed E-state index contributed by atoms with van der Waals surface area (Å²) in [7, 11) is 0. The molecule has 0 aliphatic rings. The minimum atomic E-state index is 0.480. The van der Waals surface area contributed by atoms with Gasteiger partial charge in [0.05, 0.1) is 6.61 Å². The van der Waals surface area contributed by atoms with Crippen molar-refractivity contribution in [2.45, 2.75) is 6.42 Å². The minimum Gasteiger partial charge on any atom is -0.300 e. The third-order valence-electron chi connectivity index (χ3n) is 0.662. The number of hydrogen-bond acceptors (Lipinski definition) is 2. The second-order valence-electron chi connectivity index (χ2n) is 1.33. The SMILES string of the molecule is C=CCC=CCON. The Labute approximate surface area is 49.6 Å². The summed E-state index contributed by atoms with van der Waals surface area (Å²) in [4.78, 5) is 4.27. The molecule has 2 nitrogen and oxygen atoms in total. The first-order valence-corrected chi connectivity index (χ1v) is 2.49. The van der Waals surface area contributed by atoms with Crippen molar-refractivity contribution in [1.82, 2.24) is 0 Å². The summed E-state index contributed by atoms with van der Waals surface area (Å²) in [6.07, 6.45) is 6.48. The lowest BCUT2D eigenvalue weighted by atomic mass is 10.4. The molecule has 0 aliphatic carbocycles. The molecule has 0 aromatic rings. The van der Waals surface area contributed by atoms with Crippen LogP contribution in [0, 0.1) is 0 Å². The summed E-state index contributed by atoms with van der Waals surface area (Å²) in [5.74, 6) is 4.73. The Morgan fingerprint density at radius 1 is 1.50 bits per heavy atom. The molecule has 0 aromatic carbocycles. The maximum atomic E-state index is 4.73. The van der Waals surface area contributed by atoms with Crippen LogP contribution in [0.5, 0.6) is 0 Å². The summed E-state index contributed by atoms with van der Waals surface area (Å²) in [5.41, 5.74) is 0. The Morgan fingerprint density at radius 3 is 2.75 bits per heavy atom. The summed E-state index contributed by atoms with van der Waals surface area (Å²) in [6, 6.07) is 0. The monoisotopic (exact) mass is 113 g/mol. The molecule has 0 radical (unpaired) electrons. The van der Waals surface area contributed by atoms with Gasteiger partial charge in [-0.05, 0) is 6.42 Å². The van der Waals surface area contributed by atoms with E-state index in [1.165, 1.54) is 0 Å². The minimum absolute atomic E-state index is 0.480. The van der Waals surface area contributed by atoms with E-state index in [4.69, 9.17) is 5.90 Å². The molecule has 0 bridgehead atoms. The third-order valence-corrected chi connectivity index (χ3v) is 0.662. The molecule has 8 heavy (non-hydrogen) atoms. The molecule has 0 rings (SSSR count). The Hall–Kier alpha value is -0.600. The summed E-state index contributed by atoms with van der Waals surface area (Å²) >= 11 is 0. The van der Waals surface area contributed by atoms with Gasteiger partial charge in [0.15, 0.2) is 0 Å². The molecule has 0 aliphatic heterocycles. The van der Waals surface area contributed by atoms with E-state index in [0.29, 0.717) is 6.61 Å². The van der Waals surface area contributed by atoms with Crippen LogP contribution in [0.4, 0.5) is 0 Å². The van der Waals surface area contributed by atoms with Gasteiger partial charge in [-0.3, -0.25) is 0 Å². The molecule has 0 fully saturated rings. The first kappa shape index (κ1) is 7.40. The Balaban J connectivity index is 2.94. The van der Waals surface area contributed by atoms with E-state index in [0.717, 1.165) is 6.42 Å². The van der Waals surface area contributed by atoms with Crippen molar-refractivity contribution < 1.29 is 4.84 Å². The molecule has 0 saturated carbocycles. The summed E-state index contributed by atoms with van der Waals surface area (Å²) < 4.78 is 0. The molecule has 0 atom stereocenters. The Bertz CT molecular complexity index is 78.6. The number of nitrogens with two attached hydrogens (primary N) is 1. The number of rotatable bonds is 4. The Morgan fingerprint density at radius 2 is 2.25 bits per heavy atom. The lowest BCUT2D eigenvalue weighted by Crippen LogP contribution is -1.96. The van der Waals surface area contributed by atoms with Gasteiger partial charge in [0.1, 0.15) is 0 Å². The number of hydrogen-bond donors (Lipinski definition) is 1. The van der Waals surface area contributed by atoms with Gasteiger partial charge < -0.3 is 4.84 Å². The van der Waals surface area contributed by atoms with Crippen LogP contribution in [0.2, 0.25) is 0 Å². The van der Waals surface area contributed by atoms with Gasteiger partial charge in [-0.1, -0.05) is 18.2 Å². The third kappa shape index (κ3) is 5.40. The van der Waals surface area contributed by atoms with E-state index in [1.54, 1.807) is 0 Å². The lowest BCUT2D eigenvalue weighted by Gasteiger charge is -1.83. The maximum absolute atomic E-state index is 4.73. The first-order valence-electron chi connectivity index (χ1n) is 2.49. The van der Waals surface area contributed by atoms with Crippen LogP contribution in [0.15, 0.2) is 24.8 Å². The van der Waals surface area contributed by atoms with Crippen LogP contribution < -0.4 is 5.90 Å². The van der Waals surface area contributed by atoms with Crippen LogP contribution in [0.1, 0.15) is 6.42 Å². The average Bonchev–Trinajstić information content (AvgIpc) is 1.81. The highest BCUT2D eigenvalue weighted by atomic mass is 16.6. The molecular formula is C6H11NO. The van der Waals surface area contributed by atoms with Crippen molar-refractivity contribution in [3.05, 3.63) is 24.8 Å². The molecule has 2 N–H and O–H groups in total. The normalized spacial score (nSPS) is 10.1. The molecule has 0 aromatic heterocycles. The van der Waals surface area contributed by atoms with Gasteiger partial charge in [0.2, 0.25) is 0 Å². The van der Waals surface area contributed by atoms with Gasteiger partial charge in [-0.2, -0.15) is 0 Å². The Kier molecular flexibility index (Phi) is 5.92. The fourth-order valence-corrected chi connectivity index (χ4v) is 0.316. The zero-order valence-electron chi connectivity index (χ0n) is 4.84. The summed E-state index contributed by atoms with van der Waals surface area (Å²) in [5, 5.41) is 0. The van der Waals surface area contributed by atoms with E-state index in [2.05, 4.69) is 11.4 Å². The molecule has 46 valence electrons. The summed E-state index contributed by atoms with van der Waals surface area (Å²) in [6.45, 7) is 4.02.